The summed E-state index contributed by atoms with van der Waals surface area (Å²) in [6, 6.07) is 13.3. The number of likely N-dealkylation sites (N-methyl/N-ethyl adjacent to an activating group) is 1. The number of carbonyl (C=O) groups excluding carboxylic acids is 2. The minimum absolute atomic E-state index is 0.113. The highest BCUT2D eigenvalue weighted by Gasteiger charge is 2.09. The Morgan fingerprint density at radius 1 is 1.08 bits per heavy atom. The van der Waals surface area contributed by atoms with Crippen LogP contribution in [0.25, 0.3) is 0 Å². The summed E-state index contributed by atoms with van der Waals surface area (Å²) in [5.74, 6) is 0.459. The van der Waals surface area contributed by atoms with Crippen molar-refractivity contribution in [1.82, 2.24) is 10.6 Å². The van der Waals surface area contributed by atoms with Crippen LogP contribution < -0.4 is 16.0 Å². The van der Waals surface area contributed by atoms with Crippen molar-refractivity contribution in [3.05, 3.63) is 59.9 Å². The molecule has 0 fully saturated rings. The number of benzene rings is 2. The fourth-order valence-corrected chi connectivity index (χ4v) is 3.07. The predicted octanol–water partition coefficient (Wildman–Crippen LogP) is 3.42. The van der Waals surface area contributed by atoms with Gasteiger partial charge in [0.2, 0.25) is 5.91 Å². The van der Waals surface area contributed by atoms with Crippen molar-refractivity contribution in [2.45, 2.75) is 17.7 Å². The van der Waals surface area contributed by atoms with Crippen molar-refractivity contribution in [2.24, 2.45) is 0 Å². The summed E-state index contributed by atoms with van der Waals surface area (Å²) in [5.41, 5.74) is 1.38. The standard InChI is InChI=1S/C19H22FN3O2S/c1-21-18(24)13-14-5-2-3-6-17(14)23-19(25)22-11-4-12-26-16-9-7-15(20)8-10-16/h2-3,5-10H,4,11-13H2,1H3,(H,21,24)(H2,22,23,25). The van der Waals surface area contributed by atoms with Crippen LogP contribution in [0.15, 0.2) is 53.4 Å². The molecule has 0 aliphatic heterocycles. The molecule has 0 aromatic heterocycles. The Hall–Kier alpha value is -2.54. The monoisotopic (exact) mass is 375 g/mol. The highest BCUT2D eigenvalue weighted by atomic mass is 32.2. The van der Waals surface area contributed by atoms with Gasteiger partial charge in [-0.2, -0.15) is 0 Å². The van der Waals surface area contributed by atoms with Gasteiger partial charge in [0.15, 0.2) is 0 Å². The van der Waals surface area contributed by atoms with E-state index in [0.29, 0.717) is 12.2 Å². The van der Waals surface area contributed by atoms with E-state index in [0.717, 1.165) is 22.6 Å². The molecule has 3 amide bonds. The Labute approximate surface area is 156 Å². The van der Waals surface area contributed by atoms with Crippen molar-refractivity contribution in [3.63, 3.8) is 0 Å². The van der Waals surface area contributed by atoms with Crippen LogP contribution in [0.4, 0.5) is 14.9 Å². The molecule has 0 saturated heterocycles. The molecule has 0 spiro atoms. The lowest BCUT2D eigenvalue weighted by atomic mass is 10.1. The van der Waals surface area contributed by atoms with Crippen LogP contribution in [-0.2, 0) is 11.2 Å². The Bertz CT molecular complexity index is 738. The number of hydrogen-bond donors (Lipinski definition) is 3. The fraction of sp³-hybridized carbons (Fsp3) is 0.263. The van der Waals surface area contributed by atoms with Gasteiger partial charge >= 0.3 is 6.03 Å². The highest BCUT2D eigenvalue weighted by molar-refractivity contribution is 7.99. The van der Waals surface area contributed by atoms with Gasteiger partial charge in [-0.25, -0.2) is 9.18 Å². The number of carbonyl (C=O) groups is 2. The maximum atomic E-state index is 12.8. The van der Waals surface area contributed by atoms with Gasteiger partial charge in [-0.15, -0.1) is 11.8 Å². The summed E-state index contributed by atoms with van der Waals surface area (Å²) in [6.07, 6.45) is 0.997. The second-order valence-electron chi connectivity index (χ2n) is 5.54. The van der Waals surface area contributed by atoms with Gasteiger partial charge in [0.25, 0.3) is 0 Å². The third-order valence-corrected chi connectivity index (χ3v) is 4.68. The van der Waals surface area contributed by atoms with Crippen LogP contribution in [0, 0.1) is 5.82 Å². The molecule has 3 N–H and O–H groups in total. The lowest BCUT2D eigenvalue weighted by Gasteiger charge is -2.11. The van der Waals surface area contributed by atoms with Gasteiger partial charge in [0.05, 0.1) is 6.42 Å². The average molecular weight is 375 g/mol. The first kappa shape index (κ1) is 19.8. The van der Waals surface area contributed by atoms with E-state index in [1.54, 1.807) is 37.0 Å². The zero-order valence-electron chi connectivity index (χ0n) is 14.5. The van der Waals surface area contributed by atoms with Gasteiger partial charge in [-0.1, -0.05) is 18.2 Å². The van der Waals surface area contributed by atoms with Crippen molar-refractivity contribution in [2.75, 3.05) is 24.7 Å². The molecule has 0 atom stereocenters. The molecule has 0 aliphatic carbocycles. The number of thioether (sulfide) groups is 1. The molecule has 0 heterocycles. The van der Waals surface area contributed by atoms with Gasteiger partial charge < -0.3 is 16.0 Å². The molecule has 0 radical (unpaired) electrons. The summed E-state index contributed by atoms with van der Waals surface area (Å²) in [7, 11) is 1.58. The van der Waals surface area contributed by atoms with E-state index in [4.69, 9.17) is 0 Å². The van der Waals surface area contributed by atoms with Crippen molar-refractivity contribution in [3.8, 4) is 0 Å². The van der Waals surface area contributed by atoms with Gasteiger partial charge in [-0.05, 0) is 48.1 Å². The normalized spacial score (nSPS) is 10.2. The van der Waals surface area contributed by atoms with E-state index in [1.165, 1.54) is 12.1 Å². The maximum absolute atomic E-state index is 12.8. The van der Waals surface area contributed by atoms with Crippen LogP contribution in [0.5, 0.6) is 0 Å². The SMILES string of the molecule is CNC(=O)Cc1ccccc1NC(=O)NCCCSc1ccc(F)cc1. The predicted molar refractivity (Wildman–Crippen MR) is 103 cm³/mol. The lowest BCUT2D eigenvalue weighted by Crippen LogP contribution is -2.30. The van der Waals surface area contributed by atoms with E-state index in [1.807, 2.05) is 18.2 Å². The summed E-state index contributed by atoms with van der Waals surface area (Å²) < 4.78 is 12.8. The number of nitrogens with one attached hydrogen (secondary N) is 3. The van der Waals surface area contributed by atoms with Gasteiger partial charge in [0.1, 0.15) is 5.82 Å². The minimum atomic E-state index is -0.305. The Balaban J connectivity index is 1.72. The Morgan fingerprint density at radius 2 is 1.81 bits per heavy atom. The molecule has 138 valence electrons. The summed E-state index contributed by atoms with van der Waals surface area (Å²) >= 11 is 1.61. The molecule has 2 rings (SSSR count). The maximum Gasteiger partial charge on any atom is 0.319 e. The minimum Gasteiger partial charge on any atom is -0.359 e. The van der Waals surface area contributed by atoms with E-state index in [-0.39, 0.29) is 24.2 Å². The summed E-state index contributed by atoms with van der Waals surface area (Å²) in [6.45, 7) is 0.525. The second-order valence-corrected chi connectivity index (χ2v) is 6.71. The third kappa shape index (κ3) is 6.76. The fourth-order valence-electron chi connectivity index (χ4n) is 2.22. The average Bonchev–Trinajstić information content (AvgIpc) is 2.64. The highest BCUT2D eigenvalue weighted by Crippen LogP contribution is 2.18. The zero-order valence-corrected chi connectivity index (χ0v) is 15.4. The number of amides is 3. The lowest BCUT2D eigenvalue weighted by molar-refractivity contribution is -0.119. The molecule has 0 bridgehead atoms. The Morgan fingerprint density at radius 3 is 2.54 bits per heavy atom. The summed E-state index contributed by atoms with van der Waals surface area (Å²) in [4.78, 5) is 24.6. The Kier molecular flexibility index (Phi) is 7.95. The topological polar surface area (TPSA) is 70.2 Å². The van der Waals surface area contributed by atoms with E-state index < -0.39 is 0 Å². The van der Waals surface area contributed by atoms with Crippen LogP contribution in [0.1, 0.15) is 12.0 Å². The van der Waals surface area contributed by atoms with Gasteiger partial charge in [0, 0.05) is 24.2 Å². The van der Waals surface area contributed by atoms with E-state index >= 15 is 0 Å². The molecular formula is C19H22FN3O2S. The molecular weight excluding hydrogens is 353 g/mol. The largest absolute Gasteiger partial charge is 0.359 e. The second kappa shape index (κ2) is 10.5. The molecule has 2 aromatic carbocycles. The molecule has 26 heavy (non-hydrogen) atoms. The van der Waals surface area contributed by atoms with E-state index in [2.05, 4.69) is 16.0 Å². The van der Waals surface area contributed by atoms with Crippen LogP contribution in [0.3, 0.4) is 0 Å². The first-order chi connectivity index (χ1) is 12.6. The zero-order chi connectivity index (χ0) is 18.8. The third-order valence-electron chi connectivity index (χ3n) is 3.58. The van der Waals surface area contributed by atoms with Crippen LogP contribution in [-0.4, -0.2) is 31.3 Å². The summed E-state index contributed by atoms with van der Waals surface area (Å²) in [5, 5.41) is 8.14. The molecule has 0 unspecified atom stereocenters. The molecule has 7 heteroatoms. The number of urea groups is 1. The number of para-hydroxylation sites is 1. The van der Waals surface area contributed by atoms with Gasteiger partial charge in [-0.3, -0.25) is 4.79 Å². The molecule has 0 aliphatic rings. The number of halogens is 1. The first-order valence-corrected chi connectivity index (χ1v) is 9.29. The number of anilines is 1. The number of hydrogen-bond acceptors (Lipinski definition) is 3. The van der Waals surface area contributed by atoms with Crippen molar-refractivity contribution in [1.29, 1.82) is 0 Å². The smallest absolute Gasteiger partial charge is 0.319 e. The quantitative estimate of drug-likeness (QED) is 0.489. The number of rotatable bonds is 8. The van der Waals surface area contributed by atoms with Crippen molar-refractivity contribution < 1.29 is 14.0 Å². The van der Waals surface area contributed by atoms with Crippen molar-refractivity contribution >= 4 is 29.4 Å². The molecule has 5 nitrogen and oxygen atoms in total. The van der Waals surface area contributed by atoms with Crippen LogP contribution >= 0.6 is 11.8 Å². The molecule has 0 saturated carbocycles. The first-order valence-electron chi connectivity index (χ1n) is 8.30. The molecule has 2 aromatic rings. The van der Waals surface area contributed by atoms with E-state index in [9.17, 15) is 14.0 Å². The van der Waals surface area contributed by atoms with Crippen LogP contribution in [0.2, 0.25) is 0 Å².